The van der Waals surface area contributed by atoms with Crippen LogP contribution in [-0.2, 0) is 4.74 Å². The van der Waals surface area contributed by atoms with E-state index < -0.39 is 5.60 Å². The molecule has 2 heterocycles. The van der Waals surface area contributed by atoms with E-state index in [0.29, 0.717) is 43.0 Å². The molecule has 0 bridgehead atoms. The smallest absolute Gasteiger partial charge is 0.410 e. The van der Waals surface area contributed by atoms with Gasteiger partial charge in [-0.25, -0.2) is 14.8 Å². The Labute approximate surface area is 171 Å². The fraction of sp³-hybridized carbons (Fsp3) is 0.571. The van der Waals surface area contributed by atoms with Crippen LogP contribution in [0, 0.1) is 5.92 Å². The highest BCUT2D eigenvalue weighted by atomic mass is 16.6. The van der Waals surface area contributed by atoms with Crippen LogP contribution in [0.25, 0.3) is 10.9 Å². The van der Waals surface area contributed by atoms with Crippen molar-refractivity contribution in [1.82, 2.24) is 14.9 Å². The zero-order valence-corrected chi connectivity index (χ0v) is 17.7. The average Bonchev–Trinajstić information content (AvgIpc) is 2.70. The monoisotopic (exact) mass is 403 g/mol. The van der Waals surface area contributed by atoms with E-state index in [9.17, 15) is 4.79 Å². The molecule has 0 saturated carbocycles. The van der Waals surface area contributed by atoms with Gasteiger partial charge in [-0.1, -0.05) is 0 Å². The highest BCUT2D eigenvalue weighted by Crippen LogP contribution is 2.34. The number of piperidine rings is 1. The second-order valence-corrected chi connectivity index (χ2v) is 8.12. The Morgan fingerprint density at radius 2 is 1.76 bits per heavy atom. The van der Waals surface area contributed by atoms with Gasteiger partial charge in [0, 0.05) is 19.2 Å². The fourth-order valence-corrected chi connectivity index (χ4v) is 3.28. The summed E-state index contributed by atoms with van der Waals surface area (Å²) in [5, 5.41) is 0.774. The maximum absolute atomic E-state index is 12.2. The molecular weight excluding hydrogens is 374 g/mol. The molecule has 0 unspecified atom stereocenters. The Hall–Kier alpha value is -2.77. The van der Waals surface area contributed by atoms with Gasteiger partial charge in [0.2, 0.25) is 5.88 Å². The quantitative estimate of drug-likeness (QED) is 0.753. The number of carbonyl (C=O) groups excluding carboxylic acids is 1. The lowest BCUT2D eigenvalue weighted by molar-refractivity contribution is 0.0164. The van der Waals surface area contributed by atoms with Crippen molar-refractivity contribution in [3.8, 4) is 17.4 Å². The first-order chi connectivity index (χ1) is 13.8. The molecule has 158 valence electrons. The van der Waals surface area contributed by atoms with Crippen LogP contribution >= 0.6 is 0 Å². The van der Waals surface area contributed by atoms with Gasteiger partial charge in [0.25, 0.3) is 0 Å². The van der Waals surface area contributed by atoms with Gasteiger partial charge >= 0.3 is 6.09 Å². The van der Waals surface area contributed by atoms with E-state index in [1.165, 1.54) is 6.33 Å². The molecule has 1 fully saturated rings. The minimum absolute atomic E-state index is 0.250. The molecule has 29 heavy (non-hydrogen) atoms. The lowest BCUT2D eigenvalue weighted by Gasteiger charge is -2.33. The normalized spacial score (nSPS) is 15.3. The second-order valence-electron chi connectivity index (χ2n) is 8.12. The number of methoxy groups -OCH3 is 2. The van der Waals surface area contributed by atoms with Crippen LogP contribution in [0.2, 0.25) is 0 Å². The van der Waals surface area contributed by atoms with E-state index in [1.54, 1.807) is 19.1 Å². The van der Waals surface area contributed by atoms with Gasteiger partial charge in [-0.15, -0.1) is 0 Å². The first-order valence-electron chi connectivity index (χ1n) is 9.78. The molecular formula is C21H29N3O5. The van der Waals surface area contributed by atoms with Crippen LogP contribution < -0.4 is 14.2 Å². The van der Waals surface area contributed by atoms with Crippen LogP contribution in [0.4, 0.5) is 4.79 Å². The van der Waals surface area contributed by atoms with E-state index in [4.69, 9.17) is 18.9 Å². The Bertz CT molecular complexity index is 857. The molecule has 1 aliphatic rings. The first kappa shape index (κ1) is 21.0. The molecule has 0 radical (unpaired) electrons. The fourth-order valence-electron chi connectivity index (χ4n) is 3.28. The van der Waals surface area contributed by atoms with Crippen molar-refractivity contribution < 1.29 is 23.7 Å². The van der Waals surface area contributed by atoms with E-state index >= 15 is 0 Å². The van der Waals surface area contributed by atoms with Gasteiger partial charge in [-0.3, -0.25) is 0 Å². The minimum atomic E-state index is -0.477. The predicted molar refractivity (Wildman–Crippen MR) is 109 cm³/mol. The third-order valence-electron chi connectivity index (χ3n) is 4.83. The Balaban J connectivity index is 1.61. The first-order valence-corrected chi connectivity index (χ1v) is 9.78. The molecule has 2 aromatic rings. The van der Waals surface area contributed by atoms with Crippen molar-refractivity contribution in [2.75, 3.05) is 33.9 Å². The Morgan fingerprint density at radius 1 is 1.10 bits per heavy atom. The van der Waals surface area contributed by atoms with Crippen molar-refractivity contribution in [3.05, 3.63) is 18.5 Å². The van der Waals surface area contributed by atoms with Gasteiger partial charge in [-0.05, 0) is 45.6 Å². The third-order valence-corrected chi connectivity index (χ3v) is 4.83. The van der Waals surface area contributed by atoms with Crippen molar-refractivity contribution in [2.45, 2.75) is 39.2 Å². The summed E-state index contributed by atoms with van der Waals surface area (Å²) in [6.07, 6.45) is 2.95. The van der Waals surface area contributed by atoms with Crippen molar-refractivity contribution >= 4 is 17.0 Å². The Morgan fingerprint density at radius 3 is 2.38 bits per heavy atom. The zero-order chi connectivity index (χ0) is 21.0. The zero-order valence-electron chi connectivity index (χ0n) is 17.7. The number of carbonyl (C=O) groups is 1. The van der Waals surface area contributed by atoms with Gasteiger partial charge in [-0.2, -0.15) is 0 Å². The third kappa shape index (κ3) is 5.19. The largest absolute Gasteiger partial charge is 0.493 e. The summed E-state index contributed by atoms with van der Waals surface area (Å²) in [5.41, 5.74) is 0.252. The summed E-state index contributed by atoms with van der Waals surface area (Å²) in [7, 11) is 3.18. The molecule has 1 aromatic heterocycles. The molecule has 8 nitrogen and oxygen atoms in total. The van der Waals surface area contributed by atoms with Crippen molar-refractivity contribution in [3.63, 3.8) is 0 Å². The van der Waals surface area contributed by atoms with E-state index in [2.05, 4.69) is 9.97 Å². The van der Waals surface area contributed by atoms with Gasteiger partial charge in [0.05, 0.1) is 31.7 Å². The maximum atomic E-state index is 12.2. The van der Waals surface area contributed by atoms with Gasteiger partial charge in [0.15, 0.2) is 11.5 Å². The van der Waals surface area contributed by atoms with Crippen LogP contribution in [0.1, 0.15) is 33.6 Å². The number of nitrogens with zero attached hydrogens (tertiary/aromatic N) is 3. The number of amides is 1. The summed E-state index contributed by atoms with van der Waals surface area (Å²) < 4.78 is 22.2. The molecule has 0 spiro atoms. The summed E-state index contributed by atoms with van der Waals surface area (Å²) in [6.45, 7) is 7.49. The molecule has 0 aliphatic carbocycles. The number of fused-ring (bicyclic) bond motifs is 1. The number of benzene rings is 1. The predicted octanol–water partition coefficient (Wildman–Crippen LogP) is 3.67. The summed E-state index contributed by atoms with van der Waals surface area (Å²) >= 11 is 0. The molecule has 1 amide bonds. The van der Waals surface area contributed by atoms with Gasteiger partial charge < -0.3 is 23.8 Å². The molecule has 0 atom stereocenters. The molecule has 8 heteroatoms. The second kappa shape index (κ2) is 8.71. The van der Waals surface area contributed by atoms with Crippen molar-refractivity contribution in [2.24, 2.45) is 5.92 Å². The van der Waals surface area contributed by atoms with E-state index in [0.717, 1.165) is 23.7 Å². The number of hydrogen-bond donors (Lipinski definition) is 0. The summed E-state index contributed by atoms with van der Waals surface area (Å²) in [5.74, 6) is 2.08. The van der Waals surface area contributed by atoms with Crippen LogP contribution in [0.15, 0.2) is 18.5 Å². The Kier molecular flexibility index (Phi) is 6.30. The van der Waals surface area contributed by atoms with E-state index in [1.807, 2.05) is 32.9 Å². The number of rotatable bonds is 5. The lowest BCUT2D eigenvalue weighted by atomic mass is 9.98. The van der Waals surface area contributed by atoms with Crippen LogP contribution in [0.5, 0.6) is 17.4 Å². The number of hydrogen-bond acceptors (Lipinski definition) is 7. The SMILES string of the molecule is COc1cc2ncnc(OCC3CCN(C(=O)OC(C)(C)C)CC3)c2cc1OC. The van der Waals surface area contributed by atoms with E-state index in [-0.39, 0.29) is 6.09 Å². The molecule has 0 N–H and O–H groups in total. The highest BCUT2D eigenvalue weighted by molar-refractivity contribution is 5.86. The minimum Gasteiger partial charge on any atom is -0.493 e. The maximum Gasteiger partial charge on any atom is 0.410 e. The molecule has 1 saturated heterocycles. The molecule has 3 rings (SSSR count). The topological polar surface area (TPSA) is 83.0 Å². The van der Waals surface area contributed by atoms with Crippen molar-refractivity contribution in [1.29, 1.82) is 0 Å². The molecule has 1 aromatic carbocycles. The summed E-state index contributed by atoms with van der Waals surface area (Å²) in [4.78, 5) is 22.5. The van der Waals surface area contributed by atoms with Crippen LogP contribution in [0.3, 0.4) is 0 Å². The summed E-state index contributed by atoms with van der Waals surface area (Å²) in [6, 6.07) is 3.64. The number of likely N-dealkylation sites (tertiary alicyclic amines) is 1. The highest BCUT2D eigenvalue weighted by Gasteiger charge is 2.27. The van der Waals surface area contributed by atoms with Gasteiger partial charge in [0.1, 0.15) is 11.9 Å². The number of ether oxygens (including phenoxy) is 4. The average molecular weight is 403 g/mol. The van der Waals surface area contributed by atoms with Crippen LogP contribution in [-0.4, -0.2) is 60.5 Å². The standard InChI is InChI=1S/C21H29N3O5/c1-21(2,3)29-20(25)24-8-6-14(7-9-24)12-28-19-15-10-17(26-4)18(27-5)11-16(15)22-13-23-19/h10-11,13-14H,6-9,12H2,1-5H3. The molecule has 1 aliphatic heterocycles. The number of aromatic nitrogens is 2. The lowest BCUT2D eigenvalue weighted by Crippen LogP contribution is -2.42.